The zero-order chi connectivity index (χ0) is 10.4. The predicted octanol–water partition coefficient (Wildman–Crippen LogP) is 1.72. The fourth-order valence-electron chi connectivity index (χ4n) is 0.813. The predicted molar refractivity (Wildman–Crippen MR) is 60.1 cm³/mol. The van der Waals surface area contributed by atoms with Gasteiger partial charge in [-0.3, -0.25) is 0 Å². The Morgan fingerprint density at radius 3 is 2.46 bits per heavy atom. The van der Waals surface area contributed by atoms with Gasteiger partial charge in [-0.25, -0.2) is 4.79 Å². The third kappa shape index (κ3) is 5.10. The maximum Gasteiger partial charge on any atom is 0.326 e. The number of hydrogen-bond acceptors (Lipinski definition) is 3. The summed E-state index contributed by atoms with van der Waals surface area (Å²) >= 11 is 6.41. The van der Waals surface area contributed by atoms with E-state index in [2.05, 4.69) is 5.32 Å². The Bertz CT molecular complexity index is 195. The maximum absolute atomic E-state index is 10.7. The molecule has 0 amide bonds. The zero-order valence-electron chi connectivity index (χ0n) is 8.03. The lowest BCUT2D eigenvalue weighted by Crippen LogP contribution is -2.42. The van der Waals surface area contributed by atoms with Crippen LogP contribution in [0.2, 0.25) is 0 Å². The van der Waals surface area contributed by atoms with Gasteiger partial charge in [0.25, 0.3) is 0 Å². The van der Waals surface area contributed by atoms with Crippen molar-refractivity contribution in [2.45, 2.75) is 26.8 Å². The van der Waals surface area contributed by atoms with E-state index in [0.29, 0.717) is 4.32 Å². The molecule has 0 bridgehead atoms. The highest BCUT2D eigenvalue weighted by Gasteiger charge is 2.21. The topological polar surface area (TPSA) is 49.3 Å². The Hall–Kier alpha value is -0.290. The largest absolute Gasteiger partial charge is 0.480 e. The van der Waals surface area contributed by atoms with Crippen molar-refractivity contribution in [3.8, 4) is 0 Å². The van der Waals surface area contributed by atoms with Crippen molar-refractivity contribution in [2.24, 2.45) is 5.92 Å². The summed E-state index contributed by atoms with van der Waals surface area (Å²) in [6.45, 7) is 5.68. The van der Waals surface area contributed by atoms with Crippen LogP contribution < -0.4 is 5.32 Å². The number of carboxylic acids is 1. The Kier molecular flexibility index (Phi) is 6.07. The minimum atomic E-state index is -0.853. The molecule has 0 aliphatic rings. The van der Waals surface area contributed by atoms with Crippen LogP contribution in [-0.2, 0) is 4.79 Å². The van der Waals surface area contributed by atoms with E-state index < -0.39 is 12.0 Å². The van der Waals surface area contributed by atoms with Crippen LogP contribution in [0.15, 0.2) is 0 Å². The molecule has 1 unspecified atom stereocenters. The van der Waals surface area contributed by atoms with E-state index in [1.54, 1.807) is 0 Å². The molecule has 13 heavy (non-hydrogen) atoms. The van der Waals surface area contributed by atoms with Gasteiger partial charge in [0.2, 0.25) is 0 Å². The lowest BCUT2D eigenvalue weighted by molar-refractivity contribution is -0.140. The Morgan fingerprint density at radius 1 is 1.62 bits per heavy atom. The summed E-state index contributed by atoms with van der Waals surface area (Å²) in [5.41, 5.74) is 0. The first-order valence-electron chi connectivity index (χ1n) is 4.15. The minimum absolute atomic E-state index is 0.0351. The number of thioether (sulfide) groups is 1. The lowest BCUT2D eigenvalue weighted by Gasteiger charge is -2.18. The number of hydrogen-bond donors (Lipinski definition) is 2. The van der Waals surface area contributed by atoms with E-state index >= 15 is 0 Å². The fraction of sp³-hybridized carbons (Fsp3) is 0.750. The van der Waals surface area contributed by atoms with Crippen LogP contribution in [0.4, 0.5) is 0 Å². The Labute approximate surface area is 88.3 Å². The first kappa shape index (κ1) is 12.7. The van der Waals surface area contributed by atoms with Crippen LogP contribution in [0.1, 0.15) is 20.8 Å². The normalized spacial score (nSPS) is 12.6. The summed E-state index contributed by atoms with van der Waals surface area (Å²) in [6.07, 6.45) is 0. The van der Waals surface area contributed by atoms with Gasteiger partial charge in [-0.15, -0.1) is 0 Å². The average molecular weight is 221 g/mol. The van der Waals surface area contributed by atoms with Crippen LogP contribution >= 0.6 is 24.0 Å². The second-order valence-electron chi connectivity index (χ2n) is 2.92. The van der Waals surface area contributed by atoms with Crippen molar-refractivity contribution in [3.05, 3.63) is 0 Å². The van der Waals surface area contributed by atoms with Crippen molar-refractivity contribution in [2.75, 3.05) is 5.75 Å². The summed E-state index contributed by atoms with van der Waals surface area (Å²) < 4.78 is 0.559. The third-order valence-corrected chi connectivity index (χ3v) is 2.62. The zero-order valence-corrected chi connectivity index (χ0v) is 9.67. The number of carbonyl (C=O) groups is 1. The van der Waals surface area contributed by atoms with Gasteiger partial charge >= 0.3 is 5.97 Å². The Balaban J connectivity index is 4.10. The molecule has 1 atom stereocenters. The molecule has 2 N–H and O–H groups in total. The van der Waals surface area contributed by atoms with Crippen LogP contribution in [0.5, 0.6) is 0 Å². The summed E-state index contributed by atoms with van der Waals surface area (Å²) in [6, 6.07) is -0.577. The summed E-state index contributed by atoms with van der Waals surface area (Å²) in [5.74, 6) is 0.0398. The number of thiocarbonyl (C=S) groups is 1. The van der Waals surface area contributed by atoms with Gasteiger partial charge in [0.05, 0.1) is 0 Å². The summed E-state index contributed by atoms with van der Waals surface area (Å²) in [7, 11) is 0. The molecule has 0 aliphatic heterocycles. The molecule has 0 fully saturated rings. The van der Waals surface area contributed by atoms with Crippen LogP contribution in [0.25, 0.3) is 0 Å². The highest BCUT2D eigenvalue weighted by atomic mass is 32.2. The first-order valence-corrected chi connectivity index (χ1v) is 5.54. The van der Waals surface area contributed by atoms with E-state index in [0.717, 1.165) is 5.75 Å². The molecule has 0 rings (SSSR count). The van der Waals surface area contributed by atoms with Crippen LogP contribution in [0, 0.1) is 5.92 Å². The molecule has 0 radical (unpaired) electrons. The number of rotatable bonds is 4. The molecule has 3 nitrogen and oxygen atoms in total. The van der Waals surface area contributed by atoms with Gasteiger partial charge in [0.1, 0.15) is 10.4 Å². The molecule has 0 saturated heterocycles. The quantitative estimate of drug-likeness (QED) is 0.708. The molecule has 0 heterocycles. The van der Waals surface area contributed by atoms with Crippen LogP contribution in [-0.4, -0.2) is 27.2 Å². The number of carboxylic acid groups (broad SMARTS) is 1. The molecule has 76 valence electrons. The van der Waals surface area contributed by atoms with Gasteiger partial charge < -0.3 is 10.4 Å². The van der Waals surface area contributed by atoms with E-state index in [1.807, 2.05) is 20.8 Å². The van der Waals surface area contributed by atoms with E-state index in [1.165, 1.54) is 11.8 Å². The number of nitrogens with one attached hydrogen (secondary N) is 1. The van der Waals surface area contributed by atoms with Crippen molar-refractivity contribution < 1.29 is 9.90 Å². The molecule has 0 aromatic rings. The standard InChI is InChI=1S/C8H15NO2S2/c1-4-13-8(12)9-6(5(2)3)7(10)11/h5-6H,4H2,1-3H3,(H,9,12)(H,10,11). The van der Waals surface area contributed by atoms with Crippen molar-refractivity contribution >= 4 is 34.3 Å². The van der Waals surface area contributed by atoms with Crippen molar-refractivity contribution in [1.29, 1.82) is 0 Å². The summed E-state index contributed by atoms with van der Waals surface area (Å²) in [4.78, 5) is 10.7. The molecule has 0 spiro atoms. The van der Waals surface area contributed by atoms with Gasteiger partial charge in [0.15, 0.2) is 0 Å². The van der Waals surface area contributed by atoms with Gasteiger partial charge in [-0.05, 0) is 11.7 Å². The molecule has 0 aliphatic carbocycles. The smallest absolute Gasteiger partial charge is 0.326 e. The molecule has 0 aromatic carbocycles. The van der Waals surface area contributed by atoms with Crippen molar-refractivity contribution in [1.82, 2.24) is 5.32 Å². The third-order valence-electron chi connectivity index (χ3n) is 1.48. The average Bonchev–Trinajstić information content (AvgIpc) is 1.99. The molecule has 0 saturated carbocycles. The second kappa shape index (κ2) is 6.21. The molecular formula is C8H15NO2S2. The first-order chi connectivity index (χ1) is 5.99. The fourth-order valence-corrected chi connectivity index (χ4v) is 1.77. The van der Waals surface area contributed by atoms with E-state index in [4.69, 9.17) is 17.3 Å². The summed E-state index contributed by atoms with van der Waals surface area (Å²) in [5, 5.41) is 11.6. The second-order valence-corrected chi connectivity index (χ2v) is 4.87. The Morgan fingerprint density at radius 2 is 2.15 bits per heavy atom. The van der Waals surface area contributed by atoms with E-state index in [9.17, 15) is 4.79 Å². The number of aliphatic carboxylic acids is 1. The van der Waals surface area contributed by atoms with Crippen LogP contribution in [0.3, 0.4) is 0 Å². The van der Waals surface area contributed by atoms with Crippen molar-refractivity contribution in [3.63, 3.8) is 0 Å². The monoisotopic (exact) mass is 221 g/mol. The van der Waals surface area contributed by atoms with Gasteiger partial charge in [0, 0.05) is 0 Å². The molecule has 5 heteroatoms. The maximum atomic E-state index is 10.7. The molecular weight excluding hydrogens is 206 g/mol. The van der Waals surface area contributed by atoms with E-state index in [-0.39, 0.29) is 5.92 Å². The highest BCUT2D eigenvalue weighted by Crippen LogP contribution is 2.06. The highest BCUT2D eigenvalue weighted by molar-refractivity contribution is 8.22. The minimum Gasteiger partial charge on any atom is -0.480 e. The van der Waals surface area contributed by atoms with Gasteiger partial charge in [-0.2, -0.15) is 0 Å². The van der Waals surface area contributed by atoms with Gasteiger partial charge in [-0.1, -0.05) is 44.8 Å². The molecule has 0 aromatic heterocycles. The lowest BCUT2D eigenvalue weighted by atomic mass is 10.1. The SMILES string of the molecule is CCSC(=S)NC(C(=O)O)C(C)C.